The predicted molar refractivity (Wildman–Crippen MR) is 69.7 cm³/mol. The number of hydrogen-bond acceptors (Lipinski definition) is 4. The fourth-order valence-electron chi connectivity index (χ4n) is 1.77. The minimum atomic E-state index is -1.11. The Hall–Kier alpha value is -2.37. The summed E-state index contributed by atoms with van der Waals surface area (Å²) in [6.45, 7) is 1.16. The van der Waals surface area contributed by atoms with E-state index in [4.69, 9.17) is 9.84 Å². The number of ketones is 1. The van der Waals surface area contributed by atoms with Crippen molar-refractivity contribution < 1.29 is 24.2 Å². The molecule has 106 valence electrons. The minimum Gasteiger partial charge on any atom is -0.484 e. The Kier molecular flexibility index (Phi) is 3.74. The van der Waals surface area contributed by atoms with Crippen LogP contribution in [0.5, 0.6) is 5.75 Å². The maximum atomic E-state index is 11.6. The third-order valence-electron chi connectivity index (χ3n) is 3.15. The second kappa shape index (κ2) is 5.32. The van der Waals surface area contributed by atoms with Crippen molar-refractivity contribution in [2.45, 2.75) is 25.3 Å². The van der Waals surface area contributed by atoms with Gasteiger partial charge in [0.1, 0.15) is 11.3 Å². The summed E-state index contributed by atoms with van der Waals surface area (Å²) in [5, 5.41) is 11.4. The molecular formula is C14H15NO5. The number of ether oxygens (including phenoxy) is 1. The first-order valence-electron chi connectivity index (χ1n) is 6.21. The lowest BCUT2D eigenvalue weighted by molar-refractivity contribution is -0.143. The highest BCUT2D eigenvalue weighted by Gasteiger charge is 2.51. The topological polar surface area (TPSA) is 92.7 Å². The summed E-state index contributed by atoms with van der Waals surface area (Å²) < 4.78 is 5.25. The molecule has 0 bridgehead atoms. The second-order valence-corrected chi connectivity index (χ2v) is 4.81. The molecule has 2 rings (SSSR count). The number of rotatable bonds is 6. The number of carboxylic acids is 1. The molecule has 2 N–H and O–H groups in total. The SMILES string of the molecule is CC(=O)c1cccc(OCC(=O)NC2(C(=O)O)CC2)c1. The summed E-state index contributed by atoms with van der Waals surface area (Å²) in [5.41, 5.74) is -0.617. The van der Waals surface area contributed by atoms with E-state index in [0.29, 0.717) is 24.2 Å². The van der Waals surface area contributed by atoms with E-state index in [-0.39, 0.29) is 12.4 Å². The molecule has 1 aliphatic rings. The molecule has 1 aromatic carbocycles. The number of Topliss-reactive ketones (excluding diaryl/α,β-unsaturated/α-hetero) is 1. The number of carboxylic acid groups (broad SMARTS) is 1. The number of hydrogen-bond donors (Lipinski definition) is 2. The quantitative estimate of drug-likeness (QED) is 0.757. The molecule has 0 spiro atoms. The summed E-state index contributed by atoms with van der Waals surface area (Å²) >= 11 is 0. The summed E-state index contributed by atoms with van der Waals surface area (Å²) in [7, 11) is 0. The van der Waals surface area contributed by atoms with Crippen molar-refractivity contribution in [2.24, 2.45) is 0 Å². The monoisotopic (exact) mass is 277 g/mol. The van der Waals surface area contributed by atoms with Gasteiger partial charge >= 0.3 is 5.97 Å². The van der Waals surface area contributed by atoms with Crippen LogP contribution in [0.25, 0.3) is 0 Å². The summed E-state index contributed by atoms with van der Waals surface area (Å²) in [6, 6.07) is 6.48. The van der Waals surface area contributed by atoms with E-state index in [2.05, 4.69) is 5.32 Å². The van der Waals surface area contributed by atoms with E-state index in [1.54, 1.807) is 24.3 Å². The maximum absolute atomic E-state index is 11.6. The van der Waals surface area contributed by atoms with E-state index >= 15 is 0 Å². The van der Waals surface area contributed by atoms with Gasteiger partial charge in [-0.05, 0) is 31.9 Å². The molecule has 6 nitrogen and oxygen atoms in total. The predicted octanol–water partition coefficient (Wildman–Crippen LogP) is 1.00. The first-order valence-corrected chi connectivity index (χ1v) is 6.21. The summed E-state index contributed by atoms with van der Waals surface area (Å²) in [6.07, 6.45) is 0.877. The van der Waals surface area contributed by atoms with Gasteiger partial charge in [-0.3, -0.25) is 9.59 Å². The molecule has 6 heteroatoms. The van der Waals surface area contributed by atoms with Gasteiger partial charge in [-0.1, -0.05) is 12.1 Å². The van der Waals surface area contributed by atoms with Crippen LogP contribution in [0.15, 0.2) is 24.3 Å². The standard InChI is InChI=1S/C14H15NO5/c1-9(16)10-3-2-4-11(7-10)20-8-12(17)15-14(5-6-14)13(18)19/h2-4,7H,5-6,8H2,1H3,(H,15,17)(H,18,19). The van der Waals surface area contributed by atoms with Gasteiger partial charge in [0.25, 0.3) is 5.91 Å². The van der Waals surface area contributed by atoms with E-state index in [0.717, 1.165) is 0 Å². The zero-order valence-electron chi connectivity index (χ0n) is 11.0. The molecule has 1 aromatic rings. The first-order chi connectivity index (χ1) is 9.43. The molecule has 0 unspecified atom stereocenters. The van der Waals surface area contributed by atoms with E-state index in [1.807, 2.05) is 0 Å². The van der Waals surface area contributed by atoms with Crippen molar-refractivity contribution in [1.82, 2.24) is 5.32 Å². The van der Waals surface area contributed by atoms with Gasteiger partial charge < -0.3 is 15.2 Å². The second-order valence-electron chi connectivity index (χ2n) is 4.81. The van der Waals surface area contributed by atoms with Crippen LogP contribution >= 0.6 is 0 Å². The normalized spacial score (nSPS) is 15.2. The number of nitrogens with one attached hydrogen (secondary N) is 1. The molecule has 0 atom stereocenters. The molecule has 1 saturated carbocycles. The highest BCUT2D eigenvalue weighted by atomic mass is 16.5. The number of aliphatic carboxylic acids is 1. The van der Waals surface area contributed by atoms with Crippen LogP contribution in [-0.2, 0) is 9.59 Å². The number of carbonyl (C=O) groups excluding carboxylic acids is 2. The zero-order valence-corrected chi connectivity index (χ0v) is 11.0. The molecule has 20 heavy (non-hydrogen) atoms. The Morgan fingerprint density at radius 1 is 1.35 bits per heavy atom. The Morgan fingerprint density at radius 3 is 2.60 bits per heavy atom. The molecule has 1 fully saturated rings. The molecule has 0 heterocycles. The zero-order chi connectivity index (χ0) is 14.8. The number of benzene rings is 1. The Morgan fingerprint density at radius 2 is 2.05 bits per heavy atom. The molecular weight excluding hydrogens is 262 g/mol. The highest BCUT2D eigenvalue weighted by molar-refractivity contribution is 5.94. The Bertz CT molecular complexity index is 562. The molecule has 0 saturated heterocycles. The third kappa shape index (κ3) is 3.14. The van der Waals surface area contributed by atoms with E-state index in [1.165, 1.54) is 6.92 Å². The van der Waals surface area contributed by atoms with Crippen LogP contribution in [0.2, 0.25) is 0 Å². The Balaban J connectivity index is 1.89. The molecule has 0 aromatic heterocycles. The van der Waals surface area contributed by atoms with Crippen LogP contribution in [0.1, 0.15) is 30.1 Å². The minimum absolute atomic E-state index is 0.0947. The van der Waals surface area contributed by atoms with Gasteiger partial charge in [0.15, 0.2) is 12.4 Å². The van der Waals surface area contributed by atoms with Crippen LogP contribution < -0.4 is 10.1 Å². The first kappa shape index (κ1) is 14.0. The summed E-state index contributed by atoms with van der Waals surface area (Å²) in [4.78, 5) is 33.8. The van der Waals surface area contributed by atoms with Crippen LogP contribution in [-0.4, -0.2) is 34.9 Å². The van der Waals surface area contributed by atoms with Crippen molar-refractivity contribution in [1.29, 1.82) is 0 Å². The van der Waals surface area contributed by atoms with Gasteiger partial charge in [0, 0.05) is 5.56 Å². The van der Waals surface area contributed by atoms with Gasteiger partial charge in [0.05, 0.1) is 0 Å². The van der Waals surface area contributed by atoms with E-state index < -0.39 is 17.4 Å². The van der Waals surface area contributed by atoms with E-state index in [9.17, 15) is 14.4 Å². The lowest BCUT2D eigenvalue weighted by Gasteiger charge is -2.13. The highest BCUT2D eigenvalue weighted by Crippen LogP contribution is 2.35. The third-order valence-corrected chi connectivity index (χ3v) is 3.15. The van der Waals surface area contributed by atoms with Gasteiger partial charge in [0.2, 0.25) is 0 Å². The molecule has 0 aliphatic heterocycles. The van der Waals surface area contributed by atoms with Crippen molar-refractivity contribution >= 4 is 17.7 Å². The maximum Gasteiger partial charge on any atom is 0.329 e. The van der Waals surface area contributed by atoms with Crippen LogP contribution in [0.3, 0.4) is 0 Å². The fourth-order valence-corrected chi connectivity index (χ4v) is 1.77. The molecule has 1 amide bonds. The number of carbonyl (C=O) groups is 3. The summed E-state index contributed by atoms with van der Waals surface area (Å²) in [5.74, 6) is -1.21. The Labute approximate surface area is 115 Å². The fraction of sp³-hybridized carbons (Fsp3) is 0.357. The van der Waals surface area contributed by atoms with Gasteiger partial charge in [-0.15, -0.1) is 0 Å². The van der Waals surface area contributed by atoms with Gasteiger partial charge in [-0.25, -0.2) is 4.79 Å². The van der Waals surface area contributed by atoms with Crippen LogP contribution in [0, 0.1) is 0 Å². The van der Waals surface area contributed by atoms with Crippen molar-refractivity contribution in [3.63, 3.8) is 0 Å². The lowest BCUT2D eigenvalue weighted by atomic mass is 10.1. The van der Waals surface area contributed by atoms with Crippen molar-refractivity contribution in [3.8, 4) is 5.75 Å². The lowest BCUT2D eigenvalue weighted by Crippen LogP contribution is -2.45. The number of amides is 1. The van der Waals surface area contributed by atoms with Crippen molar-refractivity contribution in [3.05, 3.63) is 29.8 Å². The average Bonchev–Trinajstić information content (AvgIpc) is 3.17. The van der Waals surface area contributed by atoms with Crippen LogP contribution in [0.4, 0.5) is 0 Å². The largest absolute Gasteiger partial charge is 0.484 e. The van der Waals surface area contributed by atoms with Crippen molar-refractivity contribution in [2.75, 3.05) is 6.61 Å². The van der Waals surface area contributed by atoms with Gasteiger partial charge in [-0.2, -0.15) is 0 Å². The molecule has 0 radical (unpaired) electrons. The smallest absolute Gasteiger partial charge is 0.329 e. The average molecular weight is 277 g/mol. The molecule has 1 aliphatic carbocycles.